The smallest absolute Gasteiger partial charge is 0.202 e. The molecule has 2 N–H and O–H groups in total. The van der Waals surface area contributed by atoms with Crippen molar-refractivity contribution in [1.82, 2.24) is 14.8 Å². The average molecular weight is 382 g/mol. The Morgan fingerprint density at radius 1 is 1.26 bits per heavy atom. The molecule has 7 heteroatoms. The van der Waals surface area contributed by atoms with Crippen LogP contribution in [0.15, 0.2) is 35.9 Å². The summed E-state index contributed by atoms with van der Waals surface area (Å²) in [6, 6.07) is 8.19. The molecular formula is C20H22N4O2S. The van der Waals surface area contributed by atoms with Gasteiger partial charge >= 0.3 is 0 Å². The second-order valence-corrected chi connectivity index (χ2v) is 7.36. The normalized spacial score (nSPS) is 14.3. The number of carbonyl (C=O) groups is 2. The molecule has 1 aromatic carbocycles. The molecule has 0 unspecified atom stereocenters. The maximum Gasteiger partial charge on any atom is 0.202 e. The number of ketones is 2. The van der Waals surface area contributed by atoms with Crippen molar-refractivity contribution in [1.29, 1.82) is 0 Å². The highest BCUT2D eigenvalue weighted by molar-refractivity contribution is 7.13. The molecule has 0 amide bonds. The molecular weight excluding hydrogens is 360 g/mol. The van der Waals surface area contributed by atoms with Crippen LogP contribution < -0.4 is 5.73 Å². The molecule has 0 saturated heterocycles. The number of Topliss-reactive ketones (excluding diaryl/α,β-unsaturated/α-hetero) is 2. The molecule has 6 nitrogen and oxygen atoms in total. The van der Waals surface area contributed by atoms with Crippen molar-refractivity contribution in [3.05, 3.63) is 47.1 Å². The van der Waals surface area contributed by atoms with Crippen LogP contribution in [0.4, 0.5) is 5.13 Å². The fraction of sp³-hybridized carbons (Fsp3) is 0.300. The zero-order chi connectivity index (χ0) is 19.6. The molecule has 27 heavy (non-hydrogen) atoms. The maximum atomic E-state index is 12.1. The standard InChI is InChI=1S/C18H19NO2.C2H3N3S/c1-4-19-16-8-6-5-7-14(16)15-11-18(12(2)20,13(3)21)10-9-17(15)19;3-2-5-4-1-6-2/h5-10H,4,11H2,1-3H3;1H,(H2,3,5). The van der Waals surface area contributed by atoms with Crippen LogP contribution in [0.5, 0.6) is 0 Å². The van der Waals surface area contributed by atoms with E-state index in [0.717, 1.165) is 28.7 Å². The second-order valence-electron chi connectivity index (χ2n) is 6.50. The van der Waals surface area contributed by atoms with Crippen molar-refractivity contribution in [2.75, 3.05) is 5.73 Å². The number of anilines is 1. The van der Waals surface area contributed by atoms with Crippen LogP contribution in [-0.2, 0) is 22.6 Å². The molecule has 0 radical (unpaired) electrons. The first-order valence-corrected chi connectivity index (χ1v) is 9.61. The van der Waals surface area contributed by atoms with E-state index in [2.05, 4.69) is 33.8 Å². The summed E-state index contributed by atoms with van der Waals surface area (Å²) < 4.78 is 2.24. The van der Waals surface area contributed by atoms with Crippen molar-refractivity contribution >= 4 is 45.0 Å². The third-order valence-corrected chi connectivity index (χ3v) is 5.57. The fourth-order valence-electron chi connectivity index (χ4n) is 3.58. The van der Waals surface area contributed by atoms with Gasteiger partial charge in [-0.25, -0.2) is 0 Å². The quantitative estimate of drug-likeness (QED) is 0.700. The van der Waals surface area contributed by atoms with E-state index in [1.54, 1.807) is 11.6 Å². The lowest BCUT2D eigenvalue weighted by Crippen LogP contribution is -2.38. The number of carbonyl (C=O) groups excluding carboxylic acids is 2. The van der Waals surface area contributed by atoms with Crippen LogP contribution in [0.3, 0.4) is 0 Å². The van der Waals surface area contributed by atoms with Crippen LogP contribution in [0.1, 0.15) is 32.0 Å². The number of rotatable bonds is 3. The van der Waals surface area contributed by atoms with Gasteiger partial charge in [0.25, 0.3) is 0 Å². The molecule has 2 heterocycles. The van der Waals surface area contributed by atoms with Crippen molar-refractivity contribution in [3.8, 4) is 0 Å². The number of hydrogen-bond acceptors (Lipinski definition) is 6. The van der Waals surface area contributed by atoms with Gasteiger partial charge in [-0.3, -0.25) is 9.59 Å². The lowest BCUT2D eigenvalue weighted by molar-refractivity contribution is -0.135. The highest BCUT2D eigenvalue weighted by Crippen LogP contribution is 2.39. The lowest BCUT2D eigenvalue weighted by Gasteiger charge is -2.28. The Hall–Kier alpha value is -2.80. The highest BCUT2D eigenvalue weighted by Gasteiger charge is 2.41. The van der Waals surface area contributed by atoms with E-state index in [0.29, 0.717) is 11.6 Å². The number of aromatic nitrogens is 3. The van der Waals surface area contributed by atoms with Crippen LogP contribution in [-0.4, -0.2) is 26.3 Å². The minimum absolute atomic E-state index is 0.0785. The van der Waals surface area contributed by atoms with Gasteiger partial charge in [-0.2, -0.15) is 0 Å². The van der Waals surface area contributed by atoms with Crippen LogP contribution in [0.25, 0.3) is 17.0 Å². The Bertz CT molecular complexity index is 1000. The van der Waals surface area contributed by atoms with Crippen LogP contribution in [0.2, 0.25) is 0 Å². The van der Waals surface area contributed by atoms with E-state index >= 15 is 0 Å². The summed E-state index contributed by atoms with van der Waals surface area (Å²) in [6.45, 7) is 6.00. The van der Waals surface area contributed by atoms with E-state index in [-0.39, 0.29) is 11.6 Å². The minimum Gasteiger partial charge on any atom is -0.374 e. The third-order valence-electron chi connectivity index (χ3n) is 5.05. The van der Waals surface area contributed by atoms with E-state index in [1.807, 2.05) is 18.2 Å². The number of hydrogen-bond donors (Lipinski definition) is 1. The van der Waals surface area contributed by atoms with E-state index < -0.39 is 5.41 Å². The summed E-state index contributed by atoms with van der Waals surface area (Å²) in [7, 11) is 0. The molecule has 0 spiro atoms. The van der Waals surface area contributed by atoms with Gasteiger partial charge < -0.3 is 10.3 Å². The highest BCUT2D eigenvalue weighted by atomic mass is 32.1. The molecule has 1 aliphatic rings. The zero-order valence-electron chi connectivity index (χ0n) is 15.6. The Balaban J connectivity index is 0.000000299. The van der Waals surface area contributed by atoms with Gasteiger partial charge in [0.05, 0.1) is 0 Å². The summed E-state index contributed by atoms with van der Waals surface area (Å²) >= 11 is 1.33. The largest absolute Gasteiger partial charge is 0.374 e. The number of allylic oxidation sites excluding steroid dienone is 1. The number of benzene rings is 1. The fourth-order valence-corrected chi connectivity index (χ4v) is 3.88. The number of nitrogen functional groups attached to an aromatic ring is 1. The Morgan fingerprint density at radius 3 is 2.48 bits per heavy atom. The van der Waals surface area contributed by atoms with Crippen LogP contribution >= 0.6 is 11.3 Å². The molecule has 0 saturated carbocycles. The molecule has 0 atom stereocenters. The molecule has 0 aliphatic heterocycles. The molecule has 3 aromatic rings. The van der Waals surface area contributed by atoms with Gasteiger partial charge in [0.2, 0.25) is 5.13 Å². The van der Waals surface area contributed by atoms with E-state index in [4.69, 9.17) is 5.73 Å². The lowest BCUT2D eigenvalue weighted by atomic mass is 9.72. The number of aryl methyl sites for hydroxylation is 1. The summed E-state index contributed by atoms with van der Waals surface area (Å²) in [5.74, 6) is -0.157. The van der Waals surface area contributed by atoms with Crippen molar-refractivity contribution in [2.45, 2.75) is 33.7 Å². The first-order chi connectivity index (χ1) is 12.9. The maximum absolute atomic E-state index is 12.1. The SMILES string of the molecule is CCn1c2c(c3ccccc31)CC(C(C)=O)(C(C)=O)C=C2.Nc1nncs1. The number of nitrogens with two attached hydrogens (primary N) is 1. The number of nitrogens with zero attached hydrogens (tertiary/aromatic N) is 3. The Labute approximate surface area is 161 Å². The predicted octanol–water partition coefficient (Wildman–Crippen LogP) is 3.52. The van der Waals surface area contributed by atoms with Gasteiger partial charge in [-0.05, 0) is 44.9 Å². The second kappa shape index (κ2) is 7.44. The van der Waals surface area contributed by atoms with Crippen LogP contribution in [0, 0.1) is 5.41 Å². The summed E-state index contributed by atoms with van der Waals surface area (Å²) in [4.78, 5) is 24.2. The van der Waals surface area contributed by atoms with Crippen molar-refractivity contribution in [2.24, 2.45) is 5.41 Å². The molecule has 140 valence electrons. The Morgan fingerprint density at radius 2 is 1.96 bits per heavy atom. The van der Waals surface area contributed by atoms with E-state index in [9.17, 15) is 9.59 Å². The monoisotopic (exact) mass is 382 g/mol. The average Bonchev–Trinajstić information content (AvgIpc) is 3.25. The molecule has 0 fully saturated rings. The number of para-hydroxylation sites is 1. The van der Waals surface area contributed by atoms with Crippen molar-refractivity contribution in [3.63, 3.8) is 0 Å². The van der Waals surface area contributed by atoms with Crippen molar-refractivity contribution < 1.29 is 9.59 Å². The van der Waals surface area contributed by atoms with E-state index in [1.165, 1.54) is 25.2 Å². The molecule has 2 aromatic heterocycles. The molecule has 4 rings (SSSR count). The summed E-state index contributed by atoms with van der Waals surface area (Å²) in [5, 5.41) is 8.60. The number of fused-ring (bicyclic) bond motifs is 3. The van der Waals surface area contributed by atoms with Gasteiger partial charge in [0.1, 0.15) is 22.5 Å². The van der Waals surface area contributed by atoms with Gasteiger partial charge in [0.15, 0.2) is 0 Å². The minimum atomic E-state index is -0.990. The zero-order valence-corrected chi connectivity index (χ0v) is 16.4. The first kappa shape index (κ1) is 19.0. The Kier molecular flexibility index (Phi) is 5.23. The topological polar surface area (TPSA) is 90.9 Å². The third kappa shape index (κ3) is 3.30. The molecule has 0 bridgehead atoms. The summed E-state index contributed by atoms with van der Waals surface area (Å²) in [5.41, 5.74) is 9.12. The van der Waals surface area contributed by atoms with Gasteiger partial charge in [-0.1, -0.05) is 35.6 Å². The van der Waals surface area contributed by atoms with Gasteiger partial charge in [0, 0.05) is 23.1 Å². The molecule has 1 aliphatic carbocycles. The predicted molar refractivity (Wildman–Crippen MR) is 108 cm³/mol. The summed E-state index contributed by atoms with van der Waals surface area (Å²) in [6.07, 6.45) is 4.22. The first-order valence-electron chi connectivity index (χ1n) is 8.73. The van der Waals surface area contributed by atoms with Gasteiger partial charge in [-0.15, -0.1) is 10.2 Å².